The van der Waals surface area contributed by atoms with E-state index in [2.05, 4.69) is 37.6 Å². The first-order chi connectivity index (χ1) is 18.2. The zero-order chi connectivity index (χ0) is 25.0. The zero-order valence-electron chi connectivity index (χ0n) is 21.2. The number of piperazine rings is 1. The van der Waals surface area contributed by atoms with E-state index in [4.69, 9.17) is 9.72 Å². The molecule has 1 amide bonds. The van der Waals surface area contributed by atoms with Gasteiger partial charge in [0.25, 0.3) is 0 Å². The lowest BCUT2D eigenvalue weighted by atomic mass is 9.94. The normalized spacial score (nSPS) is 19.8. The maximum atomic E-state index is 13.1. The van der Waals surface area contributed by atoms with Crippen LogP contribution in [0.15, 0.2) is 42.9 Å². The third kappa shape index (κ3) is 5.38. The second-order valence-corrected chi connectivity index (χ2v) is 10.2. The number of fused-ring (bicyclic) bond motifs is 1. The Bertz CT molecular complexity index is 1230. The predicted octanol–water partition coefficient (Wildman–Crippen LogP) is 2.93. The molecule has 37 heavy (non-hydrogen) atoms. The van der Waals surface area contributed by atoms with Crippen molar-refractivity contribution >= 4 is 28.3 Å². The van der Waals surface area contributed by atoms with Gasteiger partial charge >= 0.3 is 0 Å². The van der Waals surface area contributed by atoms with E-state index in [1.807, 2.05) is 35.6 Å². The molecule has 3 fully saturated rings. The number of pyridine rings is 3. The molecule has 0 unspecified atom stereocenters. The average molecular weight is 502 g/mol. The average Bonchev–Trinajstić information content (AvgIpc) is 2.97. The highest BCUT2D eigenvalue weighted by atomic mass is 16.5. The van der Waals surface area contributed by atoms with Gasteiger partial charge < -0.3 is 25.2 Å². The van der Waals surface area contributed by atoms with E-state index in [0.29, 0.717) is 11.9 Å². The van der Waals surface area contributed by atoms with E-state index < -0.39 is 0 Å². The number of nitrogens with one attached hydrogen (secondary N) is 2. The Labute approximate surface area is 217 Å². The van der Waals surface area contributed by atoms with Gasteiger partial charge in [-0.05, 0) is 49.9 Å². The molecule has 194 valence electrons. The van der Waals surface area contributed by atoms with Gasteiger partial charge in [-0.25, -0.2) is 9.97 Å². The Morgan fingerprint density at radius 2 is 1.81 bits per heavy atom. The van der Waals surface area contributed by atoms with Crippen molar-refractivity contribution in [3.63, 3.8) is 0 Å². The van der Waals surface area contributed by atoms with Crippen molar-refractivity contribution in [2.75, 3.05) is 62.7 Å². The molecule has 3 aromatic heterocycles. The third-order valence-corrected chi connectivity index (χ3v) is 7.81. The van der Waals surface area contributed by atoms with Crippen LogP contribution in [-0.2, 0) is 9.53 Å². The molecule has 0 atom stereocenters. The lowest BCUT2D eigenvalue weighted by Gasteiger charge is -2.36. The van der Waals surface area contributed by atoms with Gasteiger partial charge in [0, 0.05) is 99.4 Å². The molecule has 3 saturated heterocycles. The quantitative estimate of drug-likeness (QED) is 0.551. The number of piperidine rings is 1. The number of carbonyl (C=O) groups is 1. The van der Waals surface area contributed by atoms with Crippen LogP contribution in [0, 0.1) is 5.92 Å². The molecule has 3 aliphatic heterocycles. The summed E-state index contributed by atoms with van der Waals surface area (Å²) in [6, 6.07) is 8.64. The standard InChI is InChI=1S/C28H35N7O2/c36-28(35-13-9-29-10-14-35)20-3-11-34(12-4-20)27-24-2-7-30-19-22(24)17-25(33-27)21-1-8-31-26(18-21)32-23-5-15-37-16-6-23/h1-2,7-8,17-20,23,29H,3-6,9-16H2,(H,31,32). The number of nitrogens with zero attached hydrogens (tertiary/aromatic N) is 5. The molecule has 0 radical (unpaired) electrons. The molecule has 0 aliphatic carbocycles. The topological polar surface area (TPSA) is 95.5 Å². The molecule has 6 rings (SSSR count). The highest BCUT2D eigenvalue weighted by molar-refractivity contribution is 5.94. The number of rotatable bonds is 5. The second kappa shape index (κ2) is 11.0. The molecule has 9 heteroatoms. The summed E-state index contributed by atoms with van der Waals surface area (Å²) < 4.78 is 5.49. The smallest absolute Gasteiger partial charge is 0.225 e. The fourth-order valence-electron chi connectivity index (χ4n) is 5.67. The zero-order valence-corrected chi connectivity index (χ0v) is 21.2. The van der Waals surface area contributed by atoms with Crippen LogP contribution < -0.4 is 15.5 Å². The maximum absolute atomic E-state index is 13.1. The Hall–Kier alpha value is -3.30. The Morgan fingerprint density at radius 1 is 1.00 bits per heavy atom. The number of amides is 1. The number of hydrogen-bond acceptors (Lipinski definition) is 8. The minimum atomic E-state index is 0.101. The van der Waals surface area contributed by atoms with E-state index in [-0.39, 0.29) is 5.92 Å². The first kappa shape index (κ1) is 24.1. The number of aromatic nitrogens is 3. The van der Waals surface area contributed by atoms with Crippen LogP contribution in [0.3, 0.4) is 0 Å². The number of anilines is 2. The monoisotopic (exact) mass is 501 g/mol. The molecule has 3 aliphatic rings. The highest BCUT2D eigenvalue weighted by Gasteiger charge is 2.30. The predicted molar refractivity (Wildman–Crippen MR) is 145 cm³/mol. The fourth-order valence-corrected chi connectivity index (χ4v) is 5.67. The number of carbonyl (C=O) groups excluding carboxylic acids is 1. The van der Waals surface area contributed by atoms with Crippen molar-refractivity contribution in [3.05, 3.63) is 42.9 Å². The highest BCUT2D eigenvalue weighted by Crippen LogP contribution is 2.33. The van der Waals surface area contributed by atoms with Crippen molar-refractivity contribution in [2.45, 2.75) is 31.7 Å². The summed E-state index contributed by atoms with van der Waals surface area (Å²) in [5.41, 5.74) is 1.94. The van der Waals surface area contributed by atoms with Gasteiger partial charge in [0.2, 0.25) is 5.91 Å². The van der Waals surface area contributed by atoms with Crippen molar-refractivity contribution in [1.82, 2.24) is 25.2 Å². The van der Waals surface area contributed by atoms with E-state index in [9.17, 15) is 4.79 Å². The van der Waals surface area contributed by atoms with Crippen LogP contribution in [0.4, 0.5) is 11.6 Å². The lowest BCUT2D eigenvalue weighted by Crippen LogP contribution is -2.50. The van der Waals surface area contributed by atoms with Crippen LogP contribution in [-0.4, -0.2) is 84.3 Å². The first-order valence-electron chi connectivity index (χ1n) is 13.5. The Kier molecular flexibility index (Phi) is 7.14. The van der Waals surface area contributed by atoms with Crippen molar-refractivity contribution in [1.29, 1.82) is 0 Å². The molecular formula is C28H35N7O2. The SMILES string of the molecule is O=C(C1CCN(c2nc(-c3ccnc(NC4CCOCC4)c3)cc3cnccc23)CC1)N1CCNCC1. The molecule has 9 nitrogen and oxygen atoms in total. The largest absolute Gasteiger partial charge is 0.381 e. The van der Waals surface area contributed by atoms with Crippen LogP contribution >= 0.6 is 0 Å². The minimum Gasteiger partial charge on any atom is -0.381 e. The molecule has 0 saturated carbocycles. The van der Waals surface area contributed by atoms with Crippen LogP contribution in [0.25, 0.3) is 22.0 Å². The molecule has 0 spiro atoms. The molecule has 0 bridgehead atoms. The van der Waals surface area contributed by atoms with Crippen LogP contribution in [0.5, 0.6) is 0 Å². The lowest BCUT2D eigenvalue weighted by molar-refractivity contribution is -0.136. The first-order valence-corrected chi connectivity index (χ1v) is 13.5. The van der Waals surface area contributed by atoms with Gasteiger partial charge in [0.15, 0.2) is 0 Å². The van der Waals surface area contributed by atoms with Gasteiger partial charge in [-0.2, -0.15) is 0 Å². The summed E-state index contributed by atoms with van der Waals surface area (Å²) >= 11 is 0. The van der Waals surface area contributed by atoms with E-state index in [1.165, 1.54) is 0 Å². The number of ether oxygens (including phenoxy) is 1. The van der Waals surface area contributed by atoms with Gasteiger partial charge in [-0.15, -0.1) is 0 Å². The van der Waals surface area contributed by atoms with Crippen LogP contribution in [0.2, 0.25) is 0 Å². The molecule has 2 N–H and O–H groups in total. The fraction of sp³-hybridized carbons (Fsp3) is 0.500. The van der Waals surface area contributed by atoms with E-state index in [0.717, 1.165) is 112 Å². The Morgan fingerprint density at radius 3 is 2.62 bits per heavy atom. The third-order valence-electron chi connectivity index (χ3n) is 7.81. The van der Waals surface area contributed by atoms with Gasteiger partial charge in [-0.3, -0.25) is 9.78 Å². The second-order valence-electron chi connectivity index (χ2n) is 10.2. The molecule has 3 aromatic rings. The van der Waals surface area contributed by atoms with Gasteiger partial charge in [0.05, 0.1) is 5.69 Å². The number of hydrogen-bond donors (Lipinski definition) is 2. The molecule has 0 aromatic carbocycles. The minimum absolute atomic E-state index is 0.101. The van der Waals surface area contributed by atoms with E-state index >= 15 is 0 Å². The summed E-state index contributed by atoms with van der Waals surface area (Å²) in [6.07, 6.45) is 9.28. The van der Waals surface area contributed by atoms with E-state index in [1.54, 1.807) is 0 Å². The van der Waals surface area contributed by atoms with Gasteiger partial charge in [-0.1, -0.05) is 0 Å². The van der Waals surface area contributed by atoms with Crippen molar-refractivity contribution in [2.24, 2.45) is 5.92 Å². The summed E-state index contributed by atoms with van der Waals surface area (Å²) in [4.78, 5) is 31.5. The summed E-state index contributed by atoms with van der Waals surface area (Å²) in [5, 5.41) is 9.06. The molecular weight excluding hydrogens is 466 g/mol. The van der Waals surface area contributed by atoms with Gasteiger partial charge in [0.1, 0.15) is 11.6 Å². The van der Waals surface area contributed by atoms with Crippen molar-refractivity contribution < 1.29 is 9.53 Å². The molecule has 6 heterocycles. The summed E-state index contributed by atoms with van der Waals surface area (Å²) in [5.74, 6) is 2.26. The summed E-state index contributed by atoms with van der Waals surface area (Å²) in [6.45, 7) is 6.64. The van der Waals surface area contributed by atoms with Crippen LogP contribution in [0.1, 0.15) is 25.7 Å². The van der Waals surface area contributed by atoms with Crippen molar-refractivity contribution in [3.8, 4) is 11.3 Å². The maximum Gasteiger partial charge on any atom is 0.225 e. The summed E-state index contributed by atoms with van der Waals surface area (Å²) in [7, 11) is 0. The Balaban J connectivity index is 1.23.